The Labute approximate surface area is 152 Å². The second-order valence-electron chi connectivity index (χ2n) is 6.17. The van der Waals surface area contributed by atoms with Crippen molar-refractivity contribution in [3.8, 4) is 0 Å². The first-order chi connectivity index (χ1) is 11.9. The van der Waals surface area contributed by atoms with E-state index in [1.807, 2.05) is 30.3 Å². The number of nitrogens with one attached hydrogen (secondary N) is 1. The van der Waals surface area contributed by atoms with E-state index in [1.54, 1.807) is 18.7 Å². The zero-order valence-electron chi connectivity index (χ0n) is 14.5. The van der Waals surface area contributed by atoms with Gasteiger partial charge in [0, 0.05) is 11.4 Å². The number of benzene rings is 2. The number of anilines is 1. The number of hydrogen-bond acceptors (Lipinski definition) is 3. The summed E-state index contributed by atoms with van der Waals surface area (Å²) >= 11 is 1.58. The molecular formula is C20H23NO3S. The fourth-order valence-corrected chi connectivity index (χ4v) is 3.20. The summed E-state index contributed by atoms with van der Waals surface area (Å²) in [6, 6.07) is 15.6. The third kappa shape index (κ3) is 6.63. The van der Waals surface area contributed by atoms with Gasteiger partial charge in [-0.15, -0.1) is 11.8 Å². The molecule has 1 atom stereocenters. The van der Waals surface area contributed by atoms with E-state index in [-0.39, 0.29) is 5.91 Å². The Kier molecular flexibility index (Phi) is 7.07. The number of thioether (sulfide) groups is 1. The number of amides is 1. The second kappa shape index (κ2) is 9.28. The van der Waals surface area contributed by atoms with Crippen LogP contribution in [0.3, 0.4) is 0 Å². The molecule has 1 unspecified atom stereocenters. The smallest absolute Gasteiger partial charge is 0.306 e. The Hall–Kier alpha value is -2.27. The van der Waals surface area contributed by atoms with E-state index in [0.717, 1.165) is 17.0 Å². The molecule has 0 saturated heterocycles. The molecule has 2 N–H and O–H groups in total. The summed E-state index contributed by atoms with van der Waals surface area (Å²) in [6.07, 6.45) is 0.482. The molecule has 2 aromatic carbocycles. The van der Waals surface area contributed by atoms with Crippen LogP contribution in [-0.2, 0) is 21.8 Å². The topological polar surface area (TPSA) is 66.4 Å². The summed E-state index contributed by atoms with van der Waals surface area (Å²) in [7, 11) is 0. The highest BCUT2D eigenvalue weighted by atomic mass is 32.2. The first-order valence-electron chi connectivity index (χ1n) is 8.19. The van der Waals surface area contributed by atoms with E-state index in [4.69, 9.17) is 5.11 Å². The van der Waals surface area contributed by atoms with Crippen LogP contribution in [0, 0.1) is 12.8 Å². The zero-order valence-corrected chi connectivity index (χ0v) is 15.3. The molecule has 0 bridgehead atoms. The maximum absolute atomic E-state index is 12.0. The van der Waals surface area contributed by atoms with Gasteiger partial charge in [-0.25, -0.2) is 0 Å². The number of carboxylic acid groups (broad SMARTS) is 1. The fourth-order valence-electron chi connectivity index (χ4n) is 2.43. The van der Waals surface area contributed by atoms with Crippen molar-refractivity contribution in [3.63, 3.8) is 0 Å². The number of hydrogen-bond donors (Lipinski definition) is 2. The second-order valence-corrected chi connectivity index (χ2v) is 7.16. The largest absolute Gasteiger partial charge is 0.481 e. The normalized spacial score (nSPS) is 11.8. The van der Waals surface area contributed by atoms with E-state index in [1.165, 1.54) is 11.1 Å². The highest BCUT2D eigenvalue weighted by Crippen LogP contribution is 2.16. The van der Waals surface area contributed by atoms with Gasteiger partial charge in [-0.2, -0.15) is 0 Å². The van der Waals surface area contributed by atoms with Crippen molar-refractivity contribution in [3.05, 3.63) is 65.2 Å². The van der Waals surface area contributed by atoms with Gasteiger partial charge in [0.05, 0.1) is 11.7 Å². The van der Waals surface area contributed by atoms with Crippen molar-refractivity contribution < 1.29 is 14.7 Å². The van der Waals surface area contributed by atoms with Crippen molar-refractivity contribution in [1.82, 2.24) is 0 Å². The summed E-state index contributed by atoms with van der Waals surface area (Å²) in [5, 5.41) is 11.8. The van der Waals surface area contributed by atoms with Crippen LogP contribution in [-0.4, -0.2) is 22.7 Å². The number of rotatable bonds is 8. The first-order valence-corrected chi connectivity index (χ1v) is 9.34. The summed E-state index contributed by atoms with van der Waals surface area (Å²) in [5.74, 6) is -0.0573. The molecule has 0 aliphatic carbocycles. The molecule has 0 saturated carbocycles. The molecule has 0 fully saturated rings. The monoisotopic (exact) mass is 357 g/mol. The van der Waals surface area contributed by atoms with Crippen molar-refractivity contribution in [2.24, 2.45) is 5.92 Å². The Morgan fingerprint density at radius 2 is 1.84 bits per heavy atom. The van der Waals surface area contributed by atoms with Crippen LogP contribution in [0.25, 0.3) is 0 Å². The molecular weight excluding hydrogens is 334 g/mol. The van der Waals surface area contributed by atoms with Crippen LogP contribution < -0.4 is 5.32 Å². The van der Waals surface area contributed by atoms with Gasteiger partial charge in [-0.1, -0.05) is 48.9 Å². The SMILES string of the molecule is Cc1cccc(CSCC(=O)Nc2ccc(CC(C)C(=O)O)cc2)c1. The maximum Gasteiger partial charge on any atom is 0.306 e. The van der Waals surface area contributed by atoms with Crippen LogP contribution in [0.2, 0.25) is 0 Å². The Morgan fingerprint density at radius 3 is 2.48 bits per heavy atom. The van der Waals surface area contributed by atoms with E-state index >= 15 is 0 Å². The lowest BCUT2D eigenvalue weighted by Crippen LogP contribution is -2.14. The molecule has 0 heterocycles. The molecule has 0 aliphatic rings. The molecule has 25 heavy (non-hydrogen) atoms. The Balaban J connectivity index is 1.77. The number of aliphatic carboxylic acids is 1. The lowest BCUT2D eigenvalue weighted by atomic mass is 10.0. The summed E-state index contributed by atoms with van der Waals surface area (Å²) in [5.41, 5.74) is 4.11. The average molecular weight is 357 g/mol. The van der Waals surface area contributed by atoms with Crippen LogP contribution in [0.15, 0.2) is 48.5 Å². The van der Waals surface area contributed by atoms with E-state index in [2.05, 4.69) is 30.4 Å². The standard InChI is InChI=1S/C20H23NO3S/c1-14-4-3-5-17(10-14)12-25-13-19(22)21-18-8-6-16(7-9-18)11-15(2)20(23)24/h3-10,15H,11-13H2,1-2H3,(H,21,22)(H,23,24). The van der Waals surface area contributed by atoms with Gasteiger partial charge in [-0.3, -0.25) is 9.59 Å². The van der Waals surface area contributed by atoms with Crippen molar-refractivity contribution in [1.29, 1.82) is 0 Å². The minimum absolute atomic E-state index is 0.0377. The number of carboxylic acids is 1. The molecule has 1 amide bonds. The fraction of sp³-hybridized carbons (Fsp3) is 0.300. The predicted molar refractivity (Wildman–Crippen MR) is 103 cm³/mol. The molecule has 2 aromatic rings. The quantitative estimate of drug-likeness (QED) is 0.745. The van der Waals surface area contributed by atoms with Gasteiger partial charge in [0.25, 0.3) is 0 Å². The summed E-state index contributed by atoms with van der Waals surface area (Å²) in [4.78, 5) is 22.9. The van der Waals surface area contributed by atoms with Crippen LogP contribution >= 0.6 is 11.8 Å². The van der Waals surface area contributed by atoms with Gasteiger partial charge in [0.1, 0.15) is 0 Å². The number of aryl methyl sites for hydroxylation is 1. The first kappa shape index (κ1) is 19.1. The molecule has 0 radical (unpaired) electrons. The van der Waals surface area contributed by atoms with Gasteiger partial charge < -0.3 is 10.4 Å². The summed E-state index contributed by atoms with van der Waals surface area (Å²) < 4.78 is 0. The maximum atomic E-state index is 12.0. The van der Waals surface area contributed by atoms with Crippen molar-refractivity contribution in [2.75, 3.05) is 11.1 Å². The average Bonchev–Trinajstić information content (AvgIpc) is 2.56. The molecule has 0 aliphatic heterocycles. The molecule has 0 aromatic heterocycles. The van der Waals surface area contributed by atoms with E-state index in [9.17, 15) is 9.59 Å². The van der Waals surface area contributed by atoms with Gasteiger partial charge >= 0.3 is 5.97 Å². The Morgan fingerprint density at radius 1 is 1.12 bits per heavy atom. The zero-order chi connectivity index (χ0) is 18.2. The number of carbonyl (C=O) groups is 2. The minimum atomic E-state index is -0.803. The lowest BCUT2D eigenvalue weighted by molar-refractivity contribution is -0.141. The minimum Gasteiger partial charge on any atom is -0.481 e. The van der Waals surface area contributed by atoms with Crippen LogP contribution in [0.4, 0.5) is 5.69 Å². The Bertz CT molecular complexity index is 728. The number of carbonyl (C=O) groups excluding carboxylic acids is 1. The van der Waals surface area contributed by atoms with Gasteiger partial charge in [-0.05, 0) is 36.6 Å². The molecule has 5 heteroatoms. The predicted octanol–water partition coefficient (Wildman–Crippen LogP) is 4.13. The third-order valence-electron chi connectivity index (χ3n) is 3.79. The molecule has 132 valence electrons. The molecule has 0 spiro atoms. The van der Waals surface area contributed by atoms with Gasteiger partial charge in [0.15, 0.2) is 0 Å². The van der Waals surface area contributed by atoms with E-state index in [0.29, 0.717) is 12.2 Å². The third-order valence-corrected chi connectivity index (χ3v) is 4.79. The van der Waals surface area contributed by atoms with Crippen molar-refractivity contribution >= 4 is 29.3 Å². The summed E-state index contributed by atoms with van der Waals surface area (Å²) in [6.45, 7) is 3.74. The van der Waals surface area contributed by atoms with Gasteiger partial charge in [0.2, 0.25) is 5.91 Å². The van der Waals surface area contributed by atoms with Crippen molar-refractivity contribution in [2.45, 2.75) is 26.0 Å². The van der Waals surface area contributed by atoms with Crippen LogP contribution in [0.5, 0.6) is 0 Å². The van der Waals surface area contributed by atoms with E-state index < -0.39 is 11.9 Å². The molecule has 4 nitrogen and oxygen atoms in total. The molecule has 2 rings (SSSR count). The lowest BCUT2D eigenvalue weighted by Gasteiger charge is -2.09. The van der Waals surface area contributed by atoms with Crippen LogP contribution in [0.1, 0.15) is 23.6 Å². The highest BCUT2D eigenvalue weighted by molar-refractivity contribution is 7.99. The highest BCUT2D eigenvalue weighted by Gasteiger charge is 2.11.